The predicted octanol–water partition coefficient (Wildman–Crippen LogP) is 2.52. The Kier molecular flexibility index (Phi) is 4.43. The van der Waals surface area contributed by atoms with Gasteiger partial charge in [-0.2, -0.15) is 4.98 Å². The molecule has 1 saturated heterocycles. The minimum absolute atomic E-state index is 0.555. The summed E-state index contributed by atoms with van der Waals surface area (Å²) in [4.78, 5) is 8.59. The van der Waals surface area contributed by atoms with Crippen LogP contribution in [0.2, 0.25) is 0 Å². The molecule has 0 bridgehead atoms. The van der Waals surface area contributed by atoms with Gasteiger partial charge in [0.25, 0.3) is 0 Å². The van der Waals surface area contributed by atoms with Gasteiger partial charge in [0.2, 0.25) is 5.88 Å². The standard InChI is InChI=1S/C10H13BrN2O2S/c1-14-9-8(11)6-12-10(13-9)16-7-2-4-15-5-3-7/h6-7H,2-5H2,1H3. The van der Waals surface area contributed by atoms with Crippen LogP contribution in [0.3, 0.4) is 0 Å². The fraction of sp³-hybridized carbons (Fsp3) is 0.600. The van der Waals surface area contributed by atoms with Crippen LogP contribution in [0.5, 0.6) is 5.88 Å². The van der Waals surface area contributed by atoms with E-state index >= 15 is 0 Å². The normalized spacial score (nSPS) is 17.4. The number of methoxy groups -OCH3 is 1. The number of halogens is 1. The van der Waals surface area contributed by atoms with Gasteiger partial charge in [-0.3, -0.25) is 0 Å². The van der Waals surface area contributed by atoms with Gasteiger partial charge in [-0.05, 0) is 28.8 Å². The fourth-order valence-electron chi connectivity index (χ4n) is 1.48. The Morgan fingerprint density at radius 3 is 2.94 bits per heavy atom. The lowest BCUT2D eigenvalue weighted by Gasteiger charge is -2.20. The third kappa shape index (κ3) is 3.09. The fourth-order valence-corrected chi connectivity index (χ4v) is 2.81. The van der Waals surface area contributed by atoms with Gasteiger partial charge in [-0.15, -0.1) is 0 Å². The first-order chi connectivity index (χ1) is 7.79. The second-order valence-corrected chi connectivity index (χ2v) is 5.56. The largest absolute Gasteiger partial charge is 0.480 e. The van der Waals surface area contributed by atoms with E-state index in [0.29, 0.717) is 11.1 Å². The molecule has 0 atom stereocenters. The molecule has 6 heteroatoms. The molecule has 16 heavy (non-hydrogen) atoms. The molecule has 2 rings (SSSR count). The highest BCUT2D eigenvalue weighted by atomic mass is 79.9. The number of nitrogens with zero attached hydrogens (tertiary/aromatic N) is 2. The highest BCUT2D eigenvalue weighted by molar-refractivity contribution is 9.10. The van der Waals surface area contributed by atoms with Crippen LogP contribution in [0.25, 0.3) is 0 Å². The summed E-state index contributed by atoms with van der Waals surface area (Å²) in [6, 6.07) is 0. The van der Waals surface area contributed by atoms with Crippen LogP contribution in [-0.2, 0) is 4.74 Å². The second kappa shape index (κ2) is 5.84. The predicted molar refractivity (Wildman–Crippen MR) is 66.0 cm³/mol. The number of ether oxygens (including phenoxy) is 2. The topological polar surface area (TPSA) is 44.2 Å². The summed E-state index contributed by atoms with van der Waals surface area (Å²) >= 11 is 5.04. The van der Waals surface area contributed by atoms with Crippen LogP contribution < -0.4 is 4.74 Å². The maximum Gasteiger partial charge on any atom is 0.231 e. The highest BCUT2D eigenvalue weighted by Gasteiger charge is 2.17. The minimum atomic E-state index is 0.555. The van der Waals surface area contributed by atoms with Gasteiger partial charge < -0.3 is 9.47 Å². The van der Waals surface area contributed by atoms with Crippen molar-refractivity contribution < 1.29 is 9.47 Å². The summed E-state index contributed by atoms with van der Waals surface area (Å²) in [6.45, 7) is 1.68. The molecule has 0 amide bonds. The lowest BCUT2D eigenvalue weighted by atomic mass is 10.2. The van der Waals surface area contributed by atoms with Crippen molar-refractivity contribution in [3.8, 4) is 5.88 Å². The third-order valence-electron chi connectivity index (χ3n) is 2.32. The summed E-state index contributed by atoms with van der Waals surface area (Å²) in [5.74, 6) is 0.588. The van der Waals surface area contributed by atoms with Crippen LogP contribution in [0.1, 0.15) is 12.8 Å². The molecule has 1 aliphatic heterocycles. The Morgan fingerprint density at radius 2 is 2.25 bits per heavy atom. The van der Waals surface area contributed by atoms with Gasteiger partial charge in [0.05, 0.1) is 11.6 Å². The average molecular weight is 305 g/mol. The van der Waals surface area contributed by atoms with Gasteiger partial charge in [0.1, 0.15) is 0 Å². The number of aromatic nitrogens is 2. The third-order valence-corrected chi connectivity index (χ3v) is 4.08. The molecule has 1 aromatic heterocycles. The van der Waals surface area contributed by atoms with E-state index in [1.807, 2.05) is 0 Å². The van der Waals surface area contributed by atoms with Gasteiger partial charge in [0.15, 0.2) is 5.16 Å². The van der Waals surface area contributed by atoms with Crippen LogP contribution in [-0.4, -0.2) is 35.5 Å². The number of hydrogen-bond donors (Lipinski definition) is 0. The van der Waals surface area contributed by atoms with E-state index in [0.717, 1.165) is 35.7 Å². The van der Waals surface area contributed by atoms with Crippen molar-refractivity contribution in [2.75, 3.05) is 20.3 Å². The summed E-state index contributed by atoms with van der Waals surface area (Å²) < 4.78 is 11.2. The molecule has 4 nitrogen and oxygen atoms in total. The quantitative estimate of drug-likeness (QED) is 0.803. The smallest absolute Gasteiger partial charge is 0.231 e. The molecule has 1 aromatic rings. The second-order valence-electron chi connectivity index (χ2n) is 3.44. The van der Waals surface area contributed by atoms with Gasteiger partial charge >= 0.3 is 0 Å². The average Bonchev–Trinajstić information content (AvgIpc) is 2.33. The van der Waals surface area contributed by atoms with Crippen molar-refractivity contribution in [1.82, 2.24) is 9.97 Å². The molecule has 0 saturated carbocycles. The monoisotopic (exact) mass is 304 g/mol. The molecule has 88 valence electrons. The van der Waals surface area contributed by atoms with Gasteiger partial charge in [-0.25, -0.2) is 4.98 Å². The Bertz CT molecular complexity index is 359. The first-order valence-corrected chi connectivity index (χ1v) is 6.78. The molecule has 0 aromatic carbocycles. The van der Waals surface area contributed by atoms with Crippen molar-refractivity contribution in [3.63, 3.8) is 0 Å². The lowest BCUT2D eigenvalue weighted by molar-refractivity contribution is 0.1000. The van der Waals surface area contributed by atoms with Crippen LogP contribution in [0, 0.1) is 0 Å². The van der Waals surface area contributed by atoms with E-state index in [4.69, 9.17) is 9.47 Å². The van der Waals surface area contributed by atoms with Crippen LogP contribution in [0.15, 0.2) is 15.8 Å². The zero-order chi connectivity index (χ0) is 11.4. The van der Waals surface area contributed by atoms with E-state index in [1.54, 1.807) is 25.1 Å². The van der Waals surface area contributed by atoms with Gasteiger partial charge in [-0.1, -0.05) is 11.8 Å². The molecule has 0 aliphatic carbocycles. The highest BCUT2D eigenvalue weighted by Crippen LogP contribution is 2.30. The van der Waals surface area contributed by atoms with Crippen molar-refractivity contribution in [1.29, 1.82) is 0 Å². The SMILES string of the molecule is COc1nc(SC2CCOCC2)ncc1Br. The molecule has 1 aliphatic rings. The van der Waals surface area contributed by atoms with E-state index in [-0.39, 0.29) is 0 Å². The Morgan fingerprint density at radius 1 is 1.50 bits per heavy atom. The van der Waals surface area contributed by atoms with Crippen LogP contribution >= 0.6 is 27.7 Å². The summed E-state index contributed by atoms with van der Waals surface area (Å²) in [5.41, 5.74) is 0. The minimum Gasteiger partial charge on any atom is -0.480 e. The lowest BCUT2D eigenvalue weighted by Crippen LogP contribution is -2.17. The van der Waals surface area contributed by atoms with E-state index in [1.165, 1.54) is 0 Å². The molecule has 0 radical (unpaired) electrons. The Balaban J connectivity index is 2.03. The molecule has 1 fully saturated rings. The zero-order valence-corrected chi connectivity index (χ0v) is 11.4. The number of thioether (sulfide) groups is 1. The van der Waals surface area contributed by atoms with Crippen molar-refractivity contribution in [2.45, 2.75) is 23.2 Å². The summed E-state index contributed by atoms with van der Waals surface area (Å²) in [5, 5.41) is 1.33. The molecule has 0 unspecified atom stereocenters. The van der Waals surface area contributed by atoms with E-state index in [9.17, 15) is 0 Å². The Labute approximate surface area is 107 Å². The molecule has 0 spiro atoms. The number of rotatable bonds is 3. The van der Waals surface area contributed by atoms with Crippen LogP contribution in [0.4, 0.5) is 0 Å². The first kappa shape index (κ1) is 12.1. The molecule has 2 heterocycles. The molecular weight excluding hydrogens is 292 g/mol. The first-order valence-electron chi connectivity index (χ1n) is 5.10. The molecule has 0 N–H and O–H groups in total. The Hall–Kier alpha value is -0.330. The summed E-state index contributed by atoms with van der Waals surface area (Å²) in [6.07, 6.45) is 3.85. The van der Waals surface area contributed by atoms with E-state index < -0.39 is 0 Å². The van der Waals surface area contributed by atoms with Crippen molar-refractivity contribution >= 4 is 27.7 Å². The number of hydrogen-bond acceptors (Lipinski definition) is 5. The van der Waals surface area contributed by atoms with Crippen molar-refractivity contribution in [3.05, 3.63) is 10.7 Å². The van der Waals surface area contributed by atoms with Gasteiger partial charge in [0, 0.05) is 24.7 Å². The molecular formula is C10H13BrN2O2S. The van der Waals surface area contributed by atoms with Crippen molar-refractivity contribution in [2.24, 2.45) is 0 Å². The zero-order valence-electron chi connectivity index (χ0n) is 8.98. The van der Waals surface area contributed by atoms with E-state index in [2.05, 4.69) is 25.9 Å². The maximum absolute atomic E-state index is 5.32. The maximum atomic E-state index is 5.32. The summed E-state index contributed by atoms with van der Waals surface area (Å²) in [7, 11) is 1.61.